The number of pyridine rings is 2. The largest absolute Gasteiger partial charge is 0.497 e. The van der Waals surface area contributed by atoms with Crippen LogP contribution in [0, 0.1) is 0 Å². The molecule has 2 aromatic heterocycles. The van der Waals surface area contributed by atoms with E-state index in [2.05, 4.69) is 21.8 Å². The van der Waals surface area contributed by atoms with E-state index in [0.717, 1.165) is 55.6 Å². The number of hydrogen-bond acceptors (Lipinski definition) is 6. The summed E-state index contributed by atoms with van der Waals surface area (Å²) in [6.45, 7) is 5.85. The van der Waals surface area contributed by atoms with Crippen molar-refractivity contribution in [3.63, 3.8) is 0 Å². The number of fused-ring (bicyclic) bond motifs is 1. The van der Waals surface area contributed by atoms with E-state index < -0.39 is 0 Å². The molecule has 0 bridgehead atoms. The molecule has 8 heteroatoms. The third-order valence-corrected chi connectivity index (χ3v) is 6.27. The number of hydrogen-bond donors (Lipinski definition) is 0. The minimum Gasteiger partial charge on any atom is -0.497 e. The van der Waals surface area contributed by atoms with Crippen molar-refractivity contribution in [2.75, 3.05) is 54.0 Å². The van der Waals surface area contributed by atoms with Gasteiger partial charge in [0, 0.05) is 55.9 Å². The lowest BCUT2D eigenvalue weighted by molar-refractivity contribution is 0.151. The Morgan fingerprint density at radius 1 is 0.969 bits per heavy atom. The number of likely N-dealkylation sites (N-methyl/N-ethyl adjacent to an activating group) is 1. The molecule has 1 aliphatic heterocycles. The van der Waals surface area contributed by atoms with Crippen molar-refractivity contribution in [1.29, 1.82) is 0 Å². The lowest BCUT2D eigenvalue weighted by atomic mass is 10.0. The fraction of sp³-hybridized carbons (Fsp3) is 0.417. The van der Waals surface area contributed by atoms with Crippen molar-refractivity contribution in [1.82, 2.24) is 19.4 Å². The van der Waals surface area contributed by atoms with Gasteiger partial charge < -0.3 is 23.8 Å². The molecule has 0 spiro atoms. The number of piperazine rings is 1. The Morgan fingerprint density at radius 2 is 1.66 bits per heavy atom. The molecule has 0 saturated carbocycles. The minimum absolute atomic E-state index is 0.0616. The average molecular weight is 457 g/mol. The van der Waals surface area contributed by atoms with Crippen LogP contribution in [0.1, 0.15) is 6.42 Å². The van der Waals surface area contributed by atoms with Crippen molar-refractivity contribution >= 4 is 22.5 Å². The number of halogens is 1. The van der Waals surface area contributed by atoms with Crippen LogP contribution < -0.4 is 15.0 Å². The minimum atomic E-state index is -0.0616. The molecule has 0 radical (unpaired) electrons. The molecular weight excluding hydrogens is 428 g/mol. The monoisotopic (exact) mass is 456 g/mol. The Labute approximate surface area is 193 Å². The zero-order valence-corrected chi connectivity index (χ0v) is 19.6. The molecule has 7 nitrogen and oxygen atoms in total. The Morgan fingerprint density at radius 3 is 2.31 bits per heavy atom. The van der Waals surface area contributed by atoms with E-state index in [9.17, 15) is 4.79 Å². The van der Waals surface area contributed by atoms with Gasteiger partial charge in [-0.05, 0) is 49.8 Å². The molecule has 3 heterocycles. The SMILES string of the molecule is COc1cc(OC)cc(-c2cc3cnc(Cl)cc3n(CCCN3CCN(C)CC3)c2=O)c1. The lowest BCUT2D eigenvalue weighted by Gasteiger charge is -2.32. The molecule has 1 aromatic carbocycles. The number of aromatic nitrogens is 2. The highest BCUT2D eigenvalue weighted by Crippen LogP contribution is 2.30. The zero-order chi connectivity index (χ0) is 22.7. The molecular formula is C24H29ClN4O3. The standard InChI is InChI=1S/C24H29ClN4O3/c1-27-7-9-28(10-8-27)5-4-6-29-22-15-23(25)26-16-18(22)13-21(24(29)30)17-11-19(31-2)14-20(12-17)32-3/h11-16H,4-10H2,1-3H3. The molecule has 0 unspecified atom stereocenters. The fourth-order valence-electron chi connectivity index (χ4n) is 4.16. The fourth-order valence-corrected chi connectivity index (χ4v) is 4.32. The predicted molar refractivity (Wildman–Crippen MR) is 128 cm³/mol. The summed E-state index contributed by atoms with van der Waals surface area (Å²) in [6, 6.07) is 9.13. The summed E-state index contributed by atoms with van der Waals surface area (Å²) >= 11 is 6.18. The van der Waals surface area contributed by atoms with E-state index in [1.54, 1.807) is 32.5 Å². The van der Waals surface area contributed by atoms with Gasteiger partial charge in [-0.15, -0.1) is 0 Å². The first-order chi connectivity index (χ1) is 15.5. The van der Waals surface area contributed by atoms with E-state index in [0.29, 0.717) is 28.8 Å². The first-order valence-corrected chi connectivity index (χ1v) is 11.2. The van der Waals surface area contributed by atoms with Crippen LogP contribution in [0.25, 0.3) is 22.0 Å². The summed E-state index contributed by atoms with van der Waals surface area (Å²) in [4.78, 5) is 22.6. The summed E-state index contributed by atoms with van der Waals surface area (Å²) < 4.78 is 12.6. The van der Waals surface area contributed by atoms with Gasteiger partial charge in [0.2, 0.25) is 0 Å². The molecule has 3 aromatic rings. The van der Waals surface area contributed by atoms with E-state index in [1.165, 1.54) is 0 Å². The van der Waals surface area contributed by atoms with Gasteiger partial charge in [-0.2, -0.15) is 0 Å². The molecule has 32 heavy (non-hydrogen) atoms. The first kappa shape index (κ1) is 22.6. The average Bonchev–Trinajstić information content (AvgIpc) is 2.81. The normalized spacial score (nSPS) is 15.2. The van der Waals surface area contributed by atoms with E-state index >= 15 is 0 Å². The van der Waals surface area contributed by atoms with Crippen molar-refractivity contribution in [3.8, 4) is 22.6 Å². The maximum atomic E-state index is 13.6. The summed E-state index contributed by atoms with van der Waals surface area (Å²) in [5, 5.41) is 1.24. The Hall–Kier alpha value is -2.61. The van der Waals surface area contributed by atoms with Gasteiger partial charge >= 0.3 is 0 Å². The summed E-state index contributed by atoms with van der Waals surface area (Å²) in [7, 11) is 5.35. The molecule has 1 aliphatic rings. The van der Waals surface area contributed by atoms with Crippen molar-refractivity contribution < 1.29 is 9.47 Å². The maximum absolute atomic E-state index is 13.6. The number of nitrogens with zero attached hydrogens (tertiary/aromatic N) is 4. The lowest BCUT2D eigenvalue weighted by Crippen LogP contribution is -2.44. The summed E-state index contributed by atoms with van der Waals surface area (Å²) in [5.41, 5.74) is 2.06. The summed E-state index contributed by atoms with van der Waals surface area (Å²) in [5.74, 6) is 1.27. The second kappa shape index (κ2) is 9.90. The molecule has 4 rings (SSSR count). The van der Waals surface area contributed by atoms with Gasteiger partial charge in [-0.3, -0.25) is 4.79 Å². The van der Waals surface area contributed by atoms with Gasteiger partial charge in [0.1, 0.15) is 16.7 Å². The predicted octanol–water partition coefficient (Wildman–Crippen LogP) is 3.37. The Balaban J connectivity index is 1.70. The third-order valence-electron chi connectivity index (χ3n) is 6.06. The van der Waals surface area contributed by atoms with E-state index in [1.807, 2.05) is 22.8 Å². The summed E-state index contributed by atoms with van der Waals surface area (Å²) in [6.07, 6.45) is 2.60. The van der Waals surface area contributed by atoms with Gasteiger partial charge in [0.25, 0.3) is 5.56 Å². The van der Waals surface area contributed by atoms with Gasteiger partial charge in [-0.1, -0.05) is 11.6 Å². The number of ether oxygens (including phenoxy) is 2. The van der Waals surface area contributed by atoms with Gasteiger partial charge in [-0.25, -0.2) is 4.98 Å². The smallest absolute Gasteiger partial charge is 0.258 e. The highest BCUT2D eigenvalue weighted by Gasteiger charge is 2.16. The van der Waals surface area contributed by atoms with Crippen molar-refractivity contribution in [2.45, 2.75) is 13.0 Å². The number of aryl methyl sites for hydroxylation is 1. The molecule has 0 atom stereocenters. The molecule has 0 N–H and O–H groups in total. The molecule has 0 aliphatic carbocycles. The number of methoxy groups -OCH3 is 2. The van der Waals surface area contributed by atoms with Crippen molar-refractivity contribution in [3.05, 3.63) is 52.0 Å². The molecule has 170 valence electrons. The van der Waals surface area contributed by atoms with E-state index in [4.69, 9.17) is 21.1 Å². The topological polar surface area (TPSA) is 59.8 Å². The van der Waals surface area contributed by atoms with Gasteiger partial charge in [0.05, 0.1) is 19.7 Å². The van der Waals surface area contributed by atoms with Crippen LogP contribution in [-0.4, -0.2) is 73.3 Å². The quantitative estimate of drug-likeness (QED) is 0.508. The first-order valence-electron chi connectivity index (χ1n) is 10.8. The van der Waals surface area contributed by atoms with Crippen LogP contribution in [0.4, 0.5) is 0 Å². The van der Waals surface area contributed by atoms with Crippen LogP contribution in [0.15, 0.2) is 41.3 Å². The van der Waals surface area contributed by atoms with Crippen LogP contribution in [0.3, 0.4) is 0 Å². The number of benzene rings is 1. The highest BCUT2D eigenvalue weighted by molar-refractivity contribution is 6.30. The van der Waals surface area contributed by atoms with Crippen LogP contribution in [0.5, 0.6) is 11.5 Å². The van der Waals surface area contributed by atoms with Crippen molar-refractivity contribution in [2.24, 2.45) is 0 Å². The Kier molecular flexibility index (Phi) is 6.98. The second-order valence-electron chi connectivity index (χ2n) is 8.18. The maximum Gasteiger partial charge on any atom is 0.258 e. The molecule has 0 amide bonds. The molecule has 1 fully saturated rings. The van der Waals surface area contributed by atoms with Crippen LogP contribution >= 0.6 is 11.6 Å². The van der Waals surface area contributed by atoms with E-state index in [-0.39, 0.29) is 5.56 Å². The van der Waals surface area contributed by atoms with Gasteiger partial charge in [0.15, 0.2) is 0 Å². The Bertz CT molecular complexity index is 1130. The van der Waals surface area contributed by atoms with Crippen LogP contribution in [-0.2, 0) is 6.54 Å². The molecule has 1 saturated heterocycles. The third kappa shape index (κ3) is 4.90. The zero-order valence-electron chi connectivity index (χ0n) is 18.8. The number of rotatable bonds is 7. The second-order valence-corrected chi connectivity index (χ2v) is 8.57. The van der Waals surface area contributed by atoms with Crippen LogP contribution in [0.2, 0.25) is 5.15 Å². The highest BCUT2D eigenvalue weighted by atomic mass is 35.5.